The van der Waals surface area contributed by atoms with Gasteiger partial charge >= 0.3 is 24.2 Å². The summed E-state index contributed by atoms with van der Waals surface area (Å²) in [7, 11) is 0. The number of carbonyl (C=O) groups excluding carboxylic acids is 3. The van der Waals surface area contributed by atoms with Crippen molar-refractivity contribution in [3.05, 3.63) is 12.4 Å². The Morgan fingerprint density at radius 2 is 1.57 bits per heavy atom. The molecule has 15 nitrogen and oxygen atoms in total. The van der Waals surface area contributed by atoms with E-state index in [4.69, 9.17) is 40.6 Å². The van der Waals surface area contributed by atoms with Crippen molar-refractivity contribution < 1.29 is 52.3 Å². The van der Waals surface area contributed by atoms with Crippen molar-refractivity contribution in [3.8, 4) is 12.3 Å². The number of ether oxygens (including phenoxy) is 6. The number of hydrogen-bond donors (Lipinski definition) is 2. The smallest absolute Gasteiger partial charge is 0.463 e. The number of nitrogen functional groups attached to an aromatic ring is 1. The number of aromatic nitrogens is 4. The largest absolute Gasteiger partial charge is 0.510 e. The van der Waals surface area contributed by atoms with Crippen LogP contribution in [0.1, 0.15) is 116 Å². The molecule has 0 radical (unpaired) electrons. The zero-order valence-electron chi connectivity index (χ0n) is 29.7. The quantitative estimate of drug-likeness (QED) is 0.0355. The van der Waals surface area contributed by atoms with Gasteiger partial charge in [-0.15, -0.1) is 6.42 Å². The molecule has 3 rings (SSSR count). The summed E-state index contributed by atoms with van der Waals surface area (Å²) in [5.74, 6) is 1.34. The highest BCUT2D eigenvalue weighted by atomic mass is 19.1. The molecule has 2 aromatic heterocycles. The molecule has 0 bridgehead atoms. The third kappa shape index (κ3) is 13.5. The van der Waals surface area contributed by atoms with Gasteiger partial charge in [0.15, 0.2) is 29.4 Å². The molecule has 284 valence electrons. The number of unbranched alkanes of at least 4 members (excludes halogenated alkanes) is 10. The Labute approximate surface area is 298 Å². The first-order valence-electron chi connectivity index (χ1n) is 17.8. The average molecular weight is 722 g/mol. The topological polar surface area (TPSA) is 196 Å². The van der Waals surface area contributed by atoms with Crippen LogP contribution in [0.3, 0.4) is 0 Å². The van der Waals surface area contributed by atoms with Crippen LogP contribution in [0, 0.1) is 18.4 Å². The van der Waals surface area contributed by atoms with Gasteiger partial charge < -0.3 is 39.3 Å². The van der Waals surface area contributed by atoms with Gasteiger partial charge in [0.1, 0.15) is 38.3 Å². The number of hydrogen-bond acceptors (Lipinski definition) is 14. The lowest BCUT2D eigenvalue weighted by Crippen LogP contribution is -2.43. The number of esters is 2. The fourth-order valence-corrected chi connectivity index (χ4v) is 5.49. The van der Waals surface area contributed by atoms with E-state index in [2.05, 4.69) is 34.7 Å². The van der Waals surface area contributed by atoms with Gasteiger partial charge in [0, 0.05) is 19.3 Å². The summed E-state index contributed by atoms with van der Waals surface area (Å²) in [6.45, 7) is 2.61. The Morgan fingerprint density at radius 3 is 2.16 bits per heavy atom. The highest BCUT2D eigenvalue weighted by Gasteiger charge is 2.49. The number of nitrogens with zero attached hydrogens (tertiary/aromatic N) is 4. The summed E-state index contributed by atoms with van der Waals surface area (Å²) in [5, 5.41) is 10.8. The number of terminal acetylenes is 1. The number of fused-ring (bicyclic) bond motifs is 1. The van der Waals surface area contributed by atoms with Gasteiger partial charge in [0.2, 0.25) is 0 Å². The first-order valence-corrected chi connectivity index (χ1v) is 17.8. The van der Waals surface area contributed by atoms with Crippen molar-refractivity contribution in [1.29, 1.82) is 0 Å². The van der Waals surface area contributed by atoms with Gasteiger partial charge in [-0.05, 0) is 12.8 Å². The van der Waals surface area contributed by atoms with E-state index in [1.165, 1.54) is 10.9 Å². The summed E-state index contributed by atoms with van der Waals surface area (Å²) in [5.41, 5.74) is 4.10. The monoisotopic (exact) mass is 721 g/mol. The Bertz CT molecular complexity index is 1400. The zero-order valence-corrected chi connectivity index (χ0v) is 29.7. The van der Waals surface area contributed by atoms with Crippen molar-refractivity contribution in [2.75, 3.05) is 32.3 Å². The molecular weight excluding hydrogens is 669 g/mol. The third-order valence-corrected chi connectivity index (χ3v) is 8.50. The Morgan fingerprint density at radius 1 is 0.980 bits per heavy atom. The Kier molecular flexibility index (Phi) is 17.8. The van der Waals surface area contributed by atoms with Crippen LogP contribution in [0.2, 0.25) is 0 Å². The number of imidazole rings is 1. The molecule has 3 N–H and O–H groups in total. The van der Waals surface area contributed by atoms with Crippen molar-refractivity contribution >= 4 is 35.1 Å². The van der Waals surface area contributed by atoms with Gasteiger partial charge in [-0.1, -0.05) is 84.0 Å². The third-order valence-electron chi connectivity index (χ3n) is 8.50. The number of nitrogens with two attached hydrogens (primary N) is 1. The van der Waals surface area contributed by atoms with Crippen molar-refractivity contribution in [3.63, 3.8) is 0 Å². The molecule has 3 heterocycles. The number of rotatable bonds is 24. The summed E-state index contributed by atoms with van der Waals surface area (Å²) in [6, 6.07) is 0. The highest BCUT2D eigenvalue weighted by Crippen LogP contribution is 2.38. The van der Waals surface area contributed by atoms with Crippen LogP contribution in [0.4, 0.5) is 15.0 Å². The predicted molar refractivity (Wildman–Crippen MR) is 182 cm³/mol. The molecule has 0 aliphatic carbocycles. The van der Waals surface area contributed by atoms with Crippen molar-refractivity contribution in [2.45, 2.75) is 134 Å². The molecular formula is C35H52FN5O10. The number of halogens is 1. The lowest BCUT2D eigenvalue weighted by atomic mass is 9.99. The maximum Gasteiger partial charge on any atom is 0.510 e. The van der Waals surface area contributed by atoms with Crippen LogP contribution < -0.4 is 5.73 Å². The Balaban J connectivity index is 1.47. The maximum atomic E-state index is 13.8. The molecule has 1 aliphatic heterocycles. The van der Waals surface area contributed by atoms with Gasteiger partial charge in [0.25, 0.3) is 0 Å². The zero-order chi connectivity index (χ0) is 37.1. The lowest BCUT2D eigenvalue weighted by molar-refractivity contribution is -0.163. The van der Waals surface area contributed by atoms with Crippen molar-refractivity contribution in [2.24, 2.45) is 0 Å². The minimum Gasteiger partial charge on any atom is -0.463 e. The first-order chi connectivity index (χ1) is 24.6. The second-order valence-electron chi connectivity index (χ2n) is 12.6. The maximum absolute atomic E-state index is 13.8. The molecule has 1 fully saturated rings. The predicted octanol–water partition coefficient (Wildman–Crippen LogP) is 5.28. The molecule has 0 unspecified atom stereocenters. The van der Waals surface area contributed by atoms with Crippen molar-refractivity contribution in [1.82, 2.24) is 19.5 Å². The molecule has 16 heteroatoms. The van der Waals surface area contributed by atoms with Gasteiger partial charge in [0.05, 0.1) is 6.33 Å². The van der Waals surface area contributed by atoms with E-state index in [1.807, 2.05) is 0 Å². The molecule has 1 saturated heterocycles. The van der Waals surface area contributed by atoms with E-state index < -0.39 is 61.6 Å². The molecule has 0 saturated carbocycles. The second kappa shape index (κ2) is 22.0. The average Bonchev–Trinajstić information content (AvgIpc) is 3.68. The SMILES string of the molecule is C#C[C@]1(COC(=O)OCOC(COC(=O)CCCCCCCC)COC(=O)CCCCCCCC)O[C@@H](n2cnc3c(N)nc(F)nc32)C[C@@H]1O. The van der Waals surface area contributed by atoms with Crippen LogP contribution in [0.5, 0.6) is 0 Å². The Hall–Kier alpha value is -4.07. The molecule has 0 amide bonds. The number of anilines is 1. The van der Waals surface area contributed by atoms with Crippen LogP contribution in [0.25, 0.3) is 11.2 Å². The van der Waals surface area contributed by atoms with E-state index in [-0.39, 0.29) is 49.5 Å². The second-order valence-corrected chi connectivity index (χ2v) is 12.6. The summed E-state index contributed by atoms with van der Waals surface area (Å²) < 4.78 is 47.5. The lowest BCUT2D eigenvalue weighted by Gasteiger charge is -2.26. The standard InChI is InChI=1S/C35H52FN5O10/c1-4-7-9-11-13-15-17-28(43)46-20-25(21-47-29(44)18-16-14-12-10-8-5-2)49-24-50-34(45)48-22-35(6-3)26(42)19-27(51-35)41-23-38-30-31(37)39-33(36)40-32(30)41/h3,23,25-27,42H,4-5,7-22,24H2,1-2H3,(H2,37,39,40)/t26-,27+,35+/m0/s1. The van der Waals surface area contributed by atoms with E-state index in [1.54, 1.807) is 0 Å². The molecule has 0 spiro atoms. The fraction of sp³-hybridized carbons (Fsp3) is 0.714. The van der Waals surface area contributed by atoms with Crippen LogP contribution in [0.15, 0.2) is 6.33 Å². The molecule has 1 aliphatic rings. The van der Waals surface area contributed by atoms with Crippen LogP contribution in [-0.4, -0.2) is 87.1 Å². The molecule has 0 aromatic carbocycles. The first kappa shape index (κ1) is 41.4. The minimum atomic E-state index is -1.78. The normalized spacial score (nSPS) is 18.5. The van der Waals surface area contributed by atoms with Gasteiger partial charge in [-0.3, -0.25) is 14.2 Å². The summed E-state index contributed by atoms with van der Waals surface area (Å²) >= 11 is 0. The number of carbonyl (C=O) groups is 3. The van der Waals surface area contributed by atoms with E-state index in [0.717, 1.165) is 64.2 Å². The minimum absolute atomic E-state index is 0.0261. The van der Waals surface area contributed by atoms with Crippen LogP contribution >= 0.6 is 0 Å². The molecule has 51 heavy (non-hydrogen) atoms. The number of aliphatic hydroxyl groups excluding tert-OH is 1. The van der Waals surface area contributed by atoms with Gasteiger partial charge in [-0.25, -0.2) is 9.78 Å². The number of aliphatic hydroxyl groups is 1. The van der Waals surface area contributed by atoms with Gasteiger partial charge in [-0.2, -0.15) is 14.4 Å². The molecule has 3 atom stereocenters. The summed E-state index contributed by atoms with van der Waals surface area (Å²) in [4.78, 5) is 48.4. The summed E-state index contributed by atoms with van der Waals surface area (Å²) in [6.07, 6.45) is 14.2. The van der Waals surface area contributed by atoms with Crippen LogP contribution in [-0.2, 0) is 38.0 Å². The highest BCUT2D eigenvalue weighted by molar-refractivity contribution is 5.81. The fourth-order valence-electron chi connectivity index (χ4n) is 5.49. The molecule has 2 aromatic rings. The van der Waals surface area contributed by atoms with E-state index in [0.29, 0.717) is 12.8 Å². The van der Waals surface area contributed by atoms with E-state index >= 15 is 0 Å². The van der Waals surface area contributed by atoms with E-state index in [9.17, 15) is 23.9 Å².